The third kappa shape index (κ3) is 6.54. The van der Waals surface area contributed by atoms with E-state index in [2.05, 4.69) is 14.0 Å². The van der Waals surface area contributed by atoms with Gasteiger partial charge in [-0.2, -0.15) is 0 Å². The van der Waals surface area contributed by atoms with Crippen LogP contribution < -0.4 is 0 Å². The first-order valence-corrected chi connectivity index (χ1v) is 10.1. The highest BCUT2D eigenvalue weighted by Gasteiger charge is 2.33. The fraction of sp³-hybridized carbons (Fsp3) is 0.800. The van der Waals surface area contributed by atoms with Gasteiger partial charge in [-0.3, -0.25) is 0 Å². The third-order valence-electron chi connectivity index (χ3n) is 2.83. The Bertz CT molecular complexity index is 188. The van der Waals surface area contributed by atoms with Crippen molar-refractivity contribution in [3.8, 4) is 0 Å². The van der Waals surface area contributed by atoms with Crippen LogP contribution in [0.5, 0.6) is 0 Å². The topological polar surface area (TPSA) is 36.9 Å². The van der Waals surface area contributed by atoms with Crippen molar-refractivity contribution in [1.29, 1.82) is 0 Å². The van der Waals surface area contributed by atoms with Crippen LogP contribution in [0.2, 0.25) is 0 Å². The van der Waals surface area contributed by atoms with Gasteiger partial charge in [-0.1, -0.05) is 6.58 Å². The van der Waals surface area contributed by atoms with Gasteiger partial charge < -0.3 is 18.0 Å². The second kappa shape index (κ2) is 10.0. The molecule has 0 aliphatic carbocycles. The first-order chi connectivity index (χ1) is 8.17. The molecule has 1 aliphatic heterocycles. The van der Waals surface area contributed by atoms with Gasteiger partial charge in [0.2, 0.25) is 0 Å². The molecular weight excluding hydrogens is 251 g/mol. The summed E-state index contributed by atoms with van der Waals surface area (Å²) >= 11 is 0. The minimum Gasteiger partial charge on any atom is -0.383 e. The standard InChI is InChI=1S/C5H13BOSi.C5H12O3Si/c6-8-5-3-1-2-4-7-5;1-5-9(6-2,7-3)8-4/h5H,1-4,6,8H2;5H,1H2,2-4H3. The Labute approximate surface area is 109 Å². The van der Waals surface area contributed by atoms with E-state index in [1.54, 1.807) is 27.0 Å². The maximum atomic E-state index is 5.49. The second-order valence-electron chi connectivity index (χ2n) is 3.82. The molecule has 0 saturated carbocycles. The van der Waals surface area contributed by atoms with Crippen LogP contribution in [-0.2, 0) is 18.0 Å². The maximum Gasteiger partial charge on any atom is 0.528 e. The van der Waals surface area contributed by atoms with Crippen molar-refractivity contribution in [2.24, 2.45) is 0 Å². The molecule has 1 saturated heterocycles. The molecule has 1 rings (SSSR count). The summed E-state index contributed by atoms with van der Waals surface area (Å²) in [6.07, 6.45) is 4.05. The van der Waals surface area contributed by atoms with Crippen molar-refractivity contribution in [2.75, 3.05) is 27.9 Å². The number of ether oxygens (including phenoxy) is 1. The summed E-state index contributed by atoms with van der Waals surface area (Å²) in [5.41, 5.74) is 2.30. The molecule has 0 amide bonds. The molecule has 7 heteroatoms. The molecule has 0 aromatic carbocycles. The molecule has 100 valence electrons. The highest BCUT2D eigenvalue weighted by atomic mass is 28.4. The fourth-order valence-electron chi connectivity index (χ4n) is 1.63. The molecule has 17 heavy (non-hydrogen) atoms. The van der Waals surface area contributed by atoms with Gasteiger partial charge in [-0.15, -0.1) is 0 Å². The molecular formula is C10H25BO4Si2. The predicted molar refractivity (Wildman–Crippen MR) is 77.7 cm³/mol. The smallest absolute Gasteiger partial charge is 0.383 e. The molecule has 1 heterocycles. The summed E-state index contributed by atoms with van der Waals surface area (Å²) in [5.74, 6) is 0. The lowest BCUT2D eigenvalue weighted by atomic mass is 10.2. The Balaban J connectivity index is 0.000000302. The minimum absolute atomic E-state index is 0.146. The third-order valence-corrected chi connectivity index (χ3v) is 6.59. The molecule has 0 radical (unpaired) electrons. The van der Waals surface area contributed by atoms with Crippen LogP contribution in [0.3, 0.4) is 0 Å². The van der Waals surface area contributed by atoms with Crippen molar-refractivity contribution >= 4 is 25.6 Å². The monoisotopic (exact) mass is 276 g/mol. The summed E-state index contributed by atoms with van der Waals surface area (Å²) in [7, 11) is 4.68. The molecule has 0 N–H and O–H groups in total. The first-order valence-electron chi connectivity index (χ1n) is 6.08. The van der Waals surface area contributed by atoms with E-state index >= 15 is 0 Å². The zero-order valence-electron chi connectivity index (χ0n) is 11.5. The first kappa shape index (κ1) is 17.1. The van der Waals surface area contributed by atoms with Crippen LogP contribution in [-0.4, -0.2) is 59.3 Å². The Morgan fingerprint density at radius 1 is 1.29 bits per heavy atom. The number of hydrogen-bond donors (Lipinski definition) is 0. The van der Waals surface area contributed by atoms with E-state index in [1.807, 2.05) is 0 Å². The van der Waals surface area contributed by atoms with E-state index in [4.69, 9.17) is 18.0 Å². The van der Waals surface area contributed by atoms with Crippen molar-refractivity contribution in [2.45, 2.75) is 25.0 Å². The quantitative estimate of drug-likeness (QED) is 0.653. The van der Waals surface area contributed by atoms with Crippen LogP contribution in [0.25, 0.3) is 0 Å². The Morgan fingerprint density at radius 2 is 1.88 bits per heavy atom. The van der Waals surface area contributed by atoms with Gasteiger partial charge in [0.05, 0.1) is 7.44 Å². The predicted octanol–water partition coefficient (Wildman–Crippen LogP) is -0.180. The number of rotatable bonds is 5. The summed E-state index contributed by atoms with van der Waals surface area (Å²) in [6.45, 7) is 4.57. The van der Waals surface area contributed by atoms with Crippen molar-refractivity contribution in [3.63, 3.8) is 0 Å². The van der Waals surface area contributed by atoms with E-state index in [1.165, 1.54) is 19.3 Å². The van der Waals surface area contributed by atoms with Crippen molar-refractivity contribution in [1.82, 2.24) is 0 Å². The molecule has 0 aromatic heterocycles. The average molecular weight is 276 g/mol. The lowest BCUT2D eigenvalue weighted by molar-refractivity contribution is 0.0666. The van der Waals surface area contributed by atoms with Gasteiger partial charge in [0.15, 0.2) is 0 Å². The van der Waals surface area contributed by atoms with Gasteiger partial charge in [0.25, 0.3) is 0 Å². The largest absolute Gasteiger partial charge is 0.528 e. The zero-order valence-corrected chi connectivity index (χ0v) is 13.9. The van der Waals surface area contributed by atoms with Gasteiger partial charge >= 0.3 is 8.80 Å². The van der Waals surface area contributed by atoms with E-state index < -0.39 is 8.80 Å². The summed E-state index contributed by atoms with van der Waals surface area (Å²) < 4.78 is 20.4. The number of hydrogen-bond acceptors (Lipinski definition) is 4. The van der Waals surface area contributed by atoms with Gasteiger partial charge in [-0.05, 0) is 25.0 Å². The maximum absolute atomic E-state index is 5.49. The molecule has 1 fully saturated rings. The van der Waals surface area contributed by atoms with Crippen LogP contribution in [0.15, 0.2) is 12.3 Å². The molecule has 1 unspecified atom stereocenters. The summed E-state index contributed by atoms with van der Waals surface area (Å²) in [6, 6.07) is 0. The molecule has 0 bridgehead atoms. The van der Waals surface area contributed by atoms with Gasteiger partial charge in [0, 0.05) is 43.1 Å². The highest BCUT2D eigenvalue weighted by Crippen LogP contribution is 2.10. The van der Waals surface area contributed by atoms with Gasteiger partial charge in [0.1, 0.15) is 0 Å². The van der Waals surface area contributed by atoms with Crippen LogP contribution in [0.4, 0.5) is 0 Å². The molecule has 4 nitrogen and oxygen atoms in total. The Hall–Kier alpha value is 0.0787. The second-order valence-corrected chi connectivity index (χ2v) is 8.38. The molecule has 0 aromatic rings. The average Bonchev–Trinajstić information content (AvgIpc) is 2.44. The van der Waals surface area contributed by atoms with E-state index in [9.17, 15) is 0 Å². The van der Waals surface area contributed by atoms with E-state index in [0.717, 1.165) is 12.3 Å². The minimum atomic E-state index is -2.43. The summed E-state index contributed by atoms with van der Waals surface area (Å²) in [4.78, 5) is 0. The Kier molecular flexibility index (Phi) is 10.1. The highest BCUT2D eigenvalue weighted by molar-refractivity contribution is 6.90. The van der Waals surface area contributed by atoms with Crippen molar-refractivity contribution in [3.05, 3.63) is 12.3 Å². The SMILES string of the molecule is B[SiH2]C1CCCCO1.C=C[Si](OC)(OC)OC. The summed E-state index contributed by atoms with van der Waals surface area (Å²) in [5, 5.41) is 0. The van der Waals surface area contributed by atoms with E-state index in [-0.39, 0.29) is 9.39 Å². The van der Waals surface area contributed by atoms with Gasteiger partial charge in [-0.25, -0.2) is 0 Å². The fourth-order valence-corrected chi connectivity index (χ4v) is 3.73. The normalized spacial score (nSPS) is 21.0. The van der Waals surface area contributed by atoms with Crippen molar-refractivity contribution < 1.29 is 18.0 Å². The van der Waals surface area contributed by atoms with E-state index in [0.29, 0.717) is 0 Å². The molecule has 0 spiro atoms. The van der Waals surface area contributed by atoms with Crippen LogP contribution in [0.1, 0.15) is 19.3 Å². The van der Waals surface area contributed by atoms with Crippen LogP contribution >= 0.6 is 0 Å². The zero-order chi connectivity index (χ0) is 13.1. The molecule has 1 aliphatic rings. The van der Waals surface area contributed by atoms with Crippen LogP contribution in [0, 0.1) is 0 Å². The Morgan fingerprint density at radius 3 is 2.06 bits per heavy atom. The molecule has 1 atom stereocenters. The lowest BCUT2D eigenvalue weighted by Crippen LogP contribution is -2.40. The lowest BCUT2D eigenvalue weighted by Gasteiger charge is -2.20.